The first-order valence-electron chi connectivity index (χ1n) is 6.77. The molecular weight excluding hydrogens is 200 g/mol. The number of hydrogen-bond donors (Lipinski definition) is 0. The van der Waals surface area contributed by atoms with Crippen molar-refractivity contribution in [3.05, 3.63) is 0 Å². The van der Waals surface area contributed by atoms with Gasteiger partial charge in [0.2, 0.25) is 0 Å². The van der Waals surface area contributed by atoms with Gasteiger partial charge in [0.25, 0.3) is 5.91 Å². The Bertz CT molecular complexity index is 318. The monoisotopic (exact) mass is 220 g/mol. The van der Waals surface area contributed by atoms with E-state index in [2.05, 4.69) is 5.10 Å². The molecule has 1 aliphatic heterocycles. The fourth-order valence-electron chi connectivity index (χ4n) is 3.32. The predicted molar refractivity (Wildman–Crippen MR) is 63.1 cm³/mol. The Morgan fingerprint density at radius 2 is 1.75 bits per heavy atom. The van der Waals surface area contributed by atoms with Crippen LogP contribution >= 0.6 is 0 Å². The highest BCUT2D eigenvalue weighted by molar-refractivity contribution is 6.08. The number of amides is 1. The van der Waals surface area contributed by atoms with Crippen molar-refractivity contribution in [1.82, 2.24) is 5.01 Å². The lowest BCUT2D eigenvalue weighted by Gasteiger charge is -2.20. The molecule has 2 saturated carbocycles. The summed E-state index contributed by atoms with van der Waals surface area (Å²) in [4.78, 5) is 12.3. The Morgan fingerprint density at radius 1 is 1.00 bits per heavy atom. The Kier molecular flexibility index (Phi) is 2.70. The van der Waals surface area contributed by atoms with Crippen LogP contribution in [-0.2, 0) is 4.79 Å². The molecule has 0 N–H and O–H groups in total. The van der Waals surface area contributed by atoms with Crippen LogP contribution in [0.25, 0.3) is 0 Å². The average molecular weight is 220 g/mol. The second-order valence-electron chi connectivity index (χ2n) is 5.36. The van der Waals surface area contributed by atoms with Gasteiger partial charge in [-0.2, -0.15) is 5.10 Å². The molecule has 3 heteroatoms. The van der Waals surface area contributed by atoms with Crippen LogP contribution in [-0.4, -0.2) is 22.7 Å². The zero-order valence-electron chi connectivity index (χ0n) is 9.82. The second-order valence-corrected chi connectivity index (χ2v) is 5.36. The van der Waals surface area contributed by atoms with Crippen LogP contribution in [0, 0.1) is 5.92 Å². The van der Waals surface area contributed by atoms with E-state index >= 15 is 0 Å². The maximum atomic E-state index is 12.3. The van der Waals surface area contributed by atoms with E-state index in [-0.39, 0.29) is 5.92 Å². The maximum Gasteiger partial charge on any atom is 0.251 e. The van der Waals surface area contributed by atoms with Crippen molar-refractivity contribution in [3.8, 4) is 0 Å². The molecule has 3 aliphatic rings. The minimum atomic E-state index is 0.156. The summed E-state index contributed by atoms with van der Waals surface area (Å²) in [6.45, 7) is 0. The van der Waals surface area contributed by atoms with Gasteiger partial charge in [-0.05, 0) is 32.1 Å². The number of carbonyl (C=O) groups excluding carboxylic acids is 1. The molecule has 1 amide bonds. The average Bonchev–Trinajstić information content (AvgIpc) is 2.83. The van der Waals surface area contributed by atoms with Crippen molar-refractivity contribution in [3.63, 3.8) is 0 Å². The third kappa shape index (κ3) is 1.66. The summed E-state index contributed by atoms with van der Waals surface area (Å²) in [5.74, 6) is 0.465. The molecule has 0 spiro atoms. The number of hydrogen-bond acceptors (Lipinski definition) is 2. The van der Waals surface area contributed by atoms with Gasteiger partial charge < -0.3 is 0 Å². The Morgan fingerprint density at radius 3 is 2.56 bits per heavy atom. The van der Waals surface area contributed by atoms with Crippen molar-refractivity contribution in [1.29, 1.82) is 0 Å². The van der Waals surface area contributed by atoms with Gasteiger partial charge in [-0.25, -0.2) is 5.01 Å². The lowest BCUT2D eigenvalue weighted by atomic mass is 9.98. The Labute approximate surface area is 96.9 Å². The van der Waals surface area contributed by atoms with Gasteiger partial charge in [0.05, 0.1) is 17.7 Å². The molecule has 88 valence electrons. The third-order valence-corrected chi connectivity index (χ3v) is 4.26. The predicted octanol–water partition coefficient (Wildman–Crippen LogP) is 2.71. The van der Waals surface area contributed by atoms with E-state index in [1.54, 1.807) is 0 Å². The topological polar surface area (TPSA) is 32.7 Å². The van der Waals surface area contributed by atoms with Crippen LogP contribution in [0.15, 0.2) is 5.10 Å². The minimum Gasteiger partial charge on any atom is -0.272 e. The van der Waals surface area contributed by atoms with E-state index in [1.165, 1.54) is 37.8 Å². The van der Waals surface area contributed by atoms with Crippen molar-refractivity contribution in [2.75, 3.05) is 0 Å². The SMILES string of the molecule is O=C1C2CCCCCC2=NN1C1CCCC1. The number of rotatable bonds is 1. The quantitative estimate of drug-likeness (QED) is 0.668. The molecule has 1 atom stereocenters. The van der Waals surface area contributed by atoms with Crippen LogP contribution in [0.5, 0.6) is 0 Å². The zero-order valence-corrected chi connectivity index (χ0v) is 9.82. The van der Waals surface area contributed by atoms with Gasteiger partial charge in [0.1, 0.15) is 0 Å². The summed E-state index contributed by atoms with van der Waals surface area (Å²) >= 11 is 0. The van der Waals surface area contributed by atoms with Gasteiger partial charge >= 0.3 is 0 Å². The maximum absolute atomic E-state index is 12.3. The van der Waals surface area contributed by atoms with Crippen molar-refractivity contribution in [2.24, 2.45) is 11.0 Å². The van der Waals surface area contributed by atoms with Crippen LogP contribution in [0.1, 0.15) is 57.8 Å². The third-order valence-electron chi connectivity index (χ3n) is 4.26. The highest BCUT2D eigenvalue weighted by atomic mass is 16.2. The first-order valence-corrected chi connectivity index (χ1v) is 6.77. The molecule has 3 rings (SSSR count). The molecule has 16 heavy (non-hydrogen) atoms. The van der Waals surface area contributed by atoms with E-state index in [4.69, 9.17) is 0 Å². The van der Waals surface area contributed by atoms with E-state index in [1.807, 2.05) is 5.01 Å². The van der Waals surface area contributed by atoms with Gasteiger partial charge in [-0.3, -0.25) is 4.79 Å². The van der Waals surface area contributed by atoms with Crippen molar-refractivity contribution >= 4 is 11.6 Å². The molecule has 0 aromatic heterocycles. The number of hydrazone groups is 1. The minimum absolute atomic E-state index is 0.156. The van der Waals surface area contributed by atoms with E-state index in [0.29, 0.717) is 11.9 Å². The summed E-state index contributed by atoms with van der Waals surface area (Å²) in [5, 5.41) is 6.48. The number of fused-ring (bicyclic) bond motifs is 1. The first-order chi connectivity index (χ1) is 7.86. The summed E-state index contributed by atoms with van der Waals surface area (Å²) in [7, 11) is 0. The number of nitrogens with zero attached hydrogens (tertiary/aromatic N) is 2. The number of carbonyl (C=O) groups is 1. The molecule has 0 saturated heterocycles. The lowest BCUT2D eigenvalue weighted by Crippen LogP contribution is -2.34. The molecular formula is C13H20N2O. The fraction of sp³-hybridized carbons (Fsp3) is 0.846. The van der Waals surface area contributed by atoms with Gasteiger partial charge in [0, 0.05) is 0 Å². The molecule has 0 radical (unpaired) electrons. The molecule has 1 heterocycles. The highest BCUT2D eigenvalue weighted by Gasteiger charge is 2.39. The van der Waals surface area contributed by atoms with Crippen molar-refractivity contribution < 1.29 is 4.79 Å². The Hall–Kier alpha value is -0.860. The van der Waals surface area contributed by atoms with E-state index in [9.17, 15) is 4.79 Å². The Balaban J connectivity index is 1.79. The van der Waals surface area contributed by atoms with Crippen LogP contribution in [0.3, 0.4) is 0 Å². The molecule has 0 bridgehead atoms. The normalized spacial score (nSPS) is 31.5. The summed E-state index contributed by atoms with van der Waals surface area (Å²) in [5.41, 5.74) is 1.19. The zero-order chi connectivity index (χ0) is 11.0. The van der Waals surface area contributed by atoms with E-state index in [0.717, 1.165) is 25.7 Å². The summed E-state index contributed by atoms with van der Waals surface area (Å²) in [6.07, 6.45) is 10.7. The first kappa shape index (κ1) is 10.3. The molecule has 3 nitrogen and oxygen atoms in total. The largest absolute Gasteiger partial charge is 0.272 e. The highest BCUT2D eigenvalue weighted by Crippen LogP contribution is 2.33. The molecule has 1 unspecified atom stereocenters. The summed E-state index contributed by atoms with van der Waals surface area (Å²) < 4.78 is 0. The molecule has 2 fully saturated rings. The smallest absolute Gasteiger partial charge is 0.251 e. The van der Waals surface area contributed by atoms with Crippen LogP contribution in [0.2, 0.25) is 0 Å². The van der Waals surface area contributed by atoms with Gasteiger partial charge in [0.15, 0.2) is 0 Å². The molecule has 0 aromatic carbocycles. The van der Waals surface area contributed by atoms with Gasteiger partial charge in [-0.1, -0.05) is 25.7 Å². The fourth-order valence-corrected chi connectivity index (χ4v) is 3.32. The van der Waals surface area contributed by atoms with E-state index < -0.39 is 0 Å². The van der Waals surface area contributed by atoms with Crippen molar-refractivity contribution in [2.45, 2.75) is 63.8 Å². The standard InChI is InChI=1S/C13H20N2O/c16-13-11-8-2-1-3-9-12(11)14-15(13)10-6-4-5-7-10/h10-11H,1-9H2. The van der Waals surface area contributed by atoms with Gasteiger partial charge in [-0.15, -0.1) is 0 Å². The lowest BCUT2D eigenvalue weighted by molar-refractivity contribution is -0.134. The molecule has 0 aromatic rings. The summed E-state index contributed by atoms with van der Waals surface area (Å²) in [6, 6.07) is 0.423. The van der Waals surface area contributed by atoms with Crippen LogP contribution < -0.4 is 0 Å². The van der Waals surface area contributed by atoms with Crippen LogP contribution in [0.4, 0.5) is 0 Å². The second kappa shape index (κ2) is 4.19. The molecule has 2 aliphatic carbocycles.